The third-order valence-electron chi connectivity index (χ3n) is 3.26. The van der Waals surface area contributed by atoms with Crippen molar-refractivity contribution in [2.24, 2.45) is 0 Å². The van der Waals surface area contributed by atoms with E-state index >= 15 is 0 Å². The average Bonchev–Trinajstić information content (AvgIpc) is 3.12. The van der Waals surface area contributed by atoms with Gasteiger partial charge in [-0.05, 0) is 25.1 Å². The zero-order valence-corrected chi connectivity index (χ0v) is 14.5. The van der Waals surface area contributed by atoms with Gasteiger partial charge in [0.1, 0.15) is 24.7 Å². The lowest BCUT2D eigenvalue weighted by atomic mass is 10.1. The Hall–Kier alpha value is -3.68. The summed E-state index contributed by atoms with van der Waals surface area (Å²) in [4.78, 5) is 33.1. The van der Waals surface area contributed by atoms with Crippen LogP contribution in [-0.2, 0) is 19.1 Å². The van der Waals surface area contributed by atoms with Gasteiger partial charge in [0.25, 0.3) is 5.69 Å². The van der Waals surface area contributed by atoms with Crippen molar-refractivity contribution >= 4 is 23.7 Å². The number of nitro groups is 1. The molecule has 0 fully saturated rings. The molecule has 8 heteroatoms. The van der Waals surface area contributed by atoms with Crippen molar-refractivity contribution in [2.75, 3.05) is 13.2 Å². The van der Waals surface area contributed by atoms with E-state index in [9.17, 15) is 19.7 Å². The largest absolute Gasteiger partial charge is 0.459 e. The summed E-state index contributed by atoms with van der Waals surface area (Å²) in [6.07, 6.45) is 2.57. The van der Waals surface area contributed by atoms with Crippen molar-refractivity contribution in [2.45, 2.75) is 6.92 Å². The van der Waals surface area contributed by atoms with E-state index < -0.39 is 16.9 Å². The van der Waals surface area contributed by atoms with E-state index in [2.05, 4.69) is 6.58 Å². The van der Waals surface area contributed by atoms with Crippen molar-refractivity contribution in [1.29, 1.82) is 0 Å². The SMILES string of the molecule is C=C(C)C(=O)OCCOC(=O)C=Cc1ccc(-c2cccc([N+](=O)[O-])c2)o1. The predicted octanol–water partition coefficient (Wildman–Crippen LogP) is 3.53. The number of carbonyl (C=O) groups excluding carboxylic acids is 2. The summed E-state index contributed by atoms with van der Waals surface area (Å²) in [7, 11) is 0. The van der Waals surface area contributed by atoms with Gasteiger partial charge in [0, 0.05) is 29.3 Å². The molecule has 0 bridgehead atoms. The highest BCUT2D eigenvalue weighted by molar-refractivity contribution is 5.87. The zero-order valence-electron chi connectivity index (χ0n) is 14.5. The number of benzene rings is 1. The Morgan fingerprint density at radius 3 is 2.67 bits per heavy atom. The molecular formula is C19H17NO7. The number of carbonyl (C=O) groups is 2. The molecule has 0 unspecified atom stereocenters. The predicted molar refractivity (Wildman–Crippen MR) is 96.6 cm³/mol. The van der Waals surface area contributed by atoms with Crippen LogP contribution in [0, 0.1) is 10.1 Å². The molecule has 2 aromatic rings. The van der Waals surface area contributed by atoms with Crippen LogP contribution in [0.3, 0.4) is 0 Å². The summed E-state index contributed by atoms with van der Waals surface area (Å²) in [6, 6.07) is 9.28. The normalized spacial score (nSPS) is 10.6. The second-order valence-electron chi connectivity index (χ2n) is 5.43. The Bertz CT molecular complexity index is 895. The van der Waals surface area contributed by atoms with Crippen LogP contribution in [0.25, 0.3) is 17.4 Å². The van der Waals surface area contributed by atoms with Crippen molar-refractivity contribution in [3.05, 3.63) is 70.5 Å². The Morgan fingerprint density at radius 2 is 1.96 bits per heavy atom. The van der Waals surface area contributed by atoms with Crippen LogP contribution in [0.1, 0.15) is 12.7 Å². The van der Waals surface area contributed by atoms with E-state index in [0.29, 0.717) is 17.1 Å². The number of ether oxygens (including phenoxy) is 2. The minimum absolute atomic E-state index is 0.0445. The molecule has 27 heavy (non-hydrogen) atoms. The molecule has 1 aromatic heterocycles. The van der Waals surface area contributed by atoms with Gasteiger partial charge in [-0.2, -0.15) is 0 Å². The first-order valence-electron chi connectivity index (χ1n) is 7.89. The molecule has 0 atom stereocenters. The zero-order chi connectivity index (χ0) is 19.8. The molecular weight excluding hydrogens is 354 g/mol. The maximum absolute atomic E-state index is 11.6. The van der Waals surface area contributed by atoms with Crippen LogP contribution >= 0.6 is 0 Å². The van der Waals surface area contributed by atoms with Crippen LogP contribution in [0.15, 0.2) is 59.0 Å². The molecule has 140 valence electrons. The fourth-order valence-electron chi connectivity index (χ4n) is 1.97. The highest BCUT2D eigenvalue weighted by Crippen LogP contribution is 2.26. The van der Waals surface area contributed by atoms with Crippen molar-refractivity contribution in [3.8, 4) is 11.3 Å². The molecule has 0 spiro atoms. The number of esters is 2. The Labute approximate surface area is 154 Å². The molecule has 0 saturated heterocycles. The van der Waals surface area contributed by atoms with E-state index in [4.69, 9.17) is 13.9 Å². The molecule has 1 heterocycles. The number of non-ortho nitro benzene ring substituents is 1. The maximum Gasteiger partial charge on any atom is 0.333 e. The van der Waals surface area contributed by atoms with Gasteiger partial charge in [-0.3, -0.25) is 10.1 Å². The summed E-state index contributed by atoms with van der Waals surface area (Å²) in [5.74, 6) is -0.374. The fourth-order valence-corrected chi connectivity index (χ4v) is 1.97. The van der Waals surface area contributed by atoms with Gasteiger partial charge >= 0.3 is 11.9 Å². The standard InChI is InChI=1S/C19H17NO7/c1-13(2)19(22)26-11-10-25-18(21)9-7-16-6-8-17(27-16)14-4-3-5-15(12-14)20(23)24/h3-9,12H,1,10-11H2,2H3. The number of furan rings is 1. The quantitative estimate of drug-likeness (QED) is 0.229. The van der Waals surface area contributed by atoms with Gasteiger partial charge in [-0.25, -0.2) is 9.59 Å². The Kier molecular flexibility index (Phi) is 6.65. The lowest BCUT2D eigenvalue weighted by molar-refractivity contribution is -0.384. The van der Waals surface area contributed by atoms with Gasteiger partial charge in [0.15, 0.2) is 0 Å². The average molecular weight is 371 g/mol. The first-order valence-corrected chi connectivity index (χ1v) is 7.89. The molecule has 0 aliphatic rings. The molecule has 8 nitrogen and oxygen atoms in total. The maximum atomic E-state index is 11.6. The molecule has 0 amide bonds. The molecule has 2 rings (SSSR count). The van der Waals surface area contributed by atoms with Crippen molar-refractivity contribution < 1.29 is 28.4 Å². The second-order valence-corrected chi connectivity index (χ2v) is 5.43. The van der Waals surface area contributed by atoms with Crippen molar-refractivity contribution in [1.82, 2.24) is 0 Å². The van der Waals surface area contributed by atoms with Gasteiger partial charge in [0.2, 0.25) is 0 Å². The third kappa shape index (κ3) is 5.96. The van der Waals surface area contributed by atoms with Crippen LogP contribution in [0.4, 0.5) is 5.69 Å². The second kappa shape index (κ2) is 9.14. The van der Waals surface area contributed by atoms with Crippen LogP contribution < -0.4 is 0 Å². The van der Waals surface area contributed by atoms with Crippen LogP contribution in [-0.4, -0.2) is 30.1 Å². The molecule has 0 aliphatic carbocycles. The van der Waals surface area contributed by atoms with Crippen LogP contribution in [0.2, 0.25) is 0 Å². The summed E-state index contributed by atoms with van der Waals surface area (Å²) in [5, 5.41) is 10.8. The lowest BCUT2D eigenvalue weighted by Crippen LogP contribution is -2.12. The van der Waals surface area contributed by atoms with E-state index in [0.717, 1.165) is 6.08 Å². The first kappa shape index (κ1) is 19.6. The molecule has 1 aromatic carbocycles. The van der Waals surface area contributed by atoms with E-state index in [1.54, 1.807) is 24.3 Å². The summed E-state index contributed by atoms with van der Waals surface area (Å²) >= 11 is 0. The minimum Gasteiger partial charge on any atom is -0.459 e. The Balaban J connectivity index is 1.88. The monoisotopic (exact) mass is 371 g/mol. The first-order chi connectivity index (χ1) is 12.9. The summed E-state index contributed by atoms with van der Waals surface area (Å²) in [6.45, 7) is 4.80. The topological polar surface area (TPSA) is 109 Å². The van der Waals surface area contributed by atoms with E-state index in [1.165, 1.54) is 25.1 Å². The highest BCUT2D eigenvalue weighted by atomic mass is 16.6. The smallest absolute Gasteiger partial charge is 0.333 e. The number of hydrogen-bond donors (Lipinski definition) is 0. The van der Waals surface area contributed by atoms with E-state index in [1.807, 2.05) is 0 Å². The van der Waals surface area contributed by atoms with Gasteiger partial charge in [-0.1, -0.05) is 18.7 Å². The molecule has 0 aliphatic heterocycles. The van der Waals surface area contributed by atoms with Crippen molar-refractivity contribution in [3.63, 3.8) is 0 Å². The lowest BCUT2D eigenvalue weighted by Gasteiger charge is -2.04. The fraction of sp³-hybridized carbons (Fsp3) is 0.158. The van der Waals surface area contributed by atoms with Gasteiger partial charge in [-0.15, -0.1) is 0 Å². The highest BCUT2D eigenvalue weighted by Gasteiger charge is 2.10. The molecule has 0 N–H and O–H groups in total. The summed E-state index contributed by atoms with van der Waals surface area (Å²) in [5.41, 5.74) is 0.765. The summed E-state index contributed by atoms with van der Waals surface area (Å²) < 4.78 is 15.2. The van der Waals surface area contributed by atoms with Gasteiger partial charge < -0.3 is 13.9 Å². The Morgan fingerprint density at radius 1 is 1.22 bits per heavy atom. The number of hydrogen-bond acceptors (Lipinski definition) is 7. The number of nitro benzene ring substituents is 1. The molecule has 0 radical (unpaired) electrons. The minimum atomic E-state index is -0.630. The van der Waals surface area contributed by atoms with E-state index in [-0.39, 0.29) is 24.5 Å². The number of nitrogens with zero attached hydrogens (tertiary/aromatic N) is 1. The number of rotatable bonds is 8. The van der Waals surface area contributed by atoms with Crippen LogP contribution in [0.5, 0.6) is 0 Å². The van der Waals surface area contributed by atoms with Gasteiger partial charge in [0.05, 0.1) is 4.92 Å². The molecule has 0 saturated carbocycles. The third-order valence-corrected chi connectivity index (χ3v) is 3.26.